The van der Waals surface area contributed by atoms with Crippen molar-refractivity contribution in [3.05, 3.63) is 58.3 Å². The Labute approximate surface area is 266 Å². The molecule has 1 N–H and O–H groups in total. The van der Waals surface area contributed by atoms with Crippen LogP contribution < -0.4 is 4.90 Å². The minimum absolute atomic E-state index is 0.144. The summed E-state index contributed by atoms with van der Waals surface area (Å²) in [6, 6.07) is 9.34. The normalized spacial score (nSPS) is 16.2. The average molecular weight is 657 g/mol. The van der Waals surface area contributed by atoms with E-state index in [9.17, 15) is 5.11 Å². The molecule has 0 fully saturated rings. The Bertz CT molecular complexity index is 1590. The lowest BCUT2D eigenvalue weighted by Gasteiger charge is -2.36. The molecule has 0 aliphatic carbocycles. The molecule has 0 spiro atoms. The van der Waals surface area contributed by atoms with Gasteiger partial charge in [0.25, 0.3) is 0 Å². The molecule has 1 atom stereocenters. The van der Waals surface area contributed by atoms with Crippen molar-refractivity contribution < 1.29 is 14.3 Å². The Morgan fingerprint density at radius 1 is 1.12 bits per heavy atom. The summed E-state index contributed by atoms with van der Waals surface area (Å²) < 4.78 is 15.4. The zero-order chi connectivity index (χ0) is 31.2. The number of aliphatic hydroxyl groups is 1. The van der Waals surface area contributed by atoms with Crippen LogP contribution >= 0.6 is 22.9 Å². The number of rotatable bonds is 10. The molecule has 4 aromatic rings. The zero-order valence-corrected chi connectivity index (χ0v) is 30.3. The first-order chi connectivity index (χ1) is 20.1. The molecule has 0 radical (unpaired) electrons. The number of aryl methyl sites for hydroxylation is 1. The summed E-state index contributed by atoms with van der Waals surface area (Å²) in [7, 11) is -3.06. The highest BCUT2D eigenvalue weighted by atomic mass is 35.5. The molecule has 1 aliphatic heterocycles. The van der Waals surface area contributed by atoms with Gasteiger partial charge in [0.05, 0.1) is 40.6 Å². The third-order valence-electron chi connectivity index (χ3n) is 8.62. The van der Waals surface area contributed by atoms with Gasteiger partial charge in [0.15, 0.2) is 8.32 Å². The molecular formula is C32H45ClN4O3SSi2. The highest BCUT2D eigenvalue weighted by Gasteiger charge is 2.37. The van der Waals surface area contributed by atoms with Gasteiger partial charge < -0.3 is 19.2 Å². The van der Waals surface area contributed by atoms with E-state index in [1.54, 1.807) is 16.0 Å². The smallest absolute Gasteiger partial charge is 0.192 e. The van der Waals surface area contributed by atoms with Crippen molar-refractivity contribution >= 4 is 60.9 Å². The zero-order valence-electron chi connectivity index (χ0n) is 26.7. The Balaban J connectivity index is 1.49. The van der Waals surface area contributed by atoms with Crippen molar-refractivity contribution in [3.8, 4) is 11.1 Å². The van der Waals surface area contributed by atoms with Gasteiger partial charge in [-0.15, -0.1) is 11.3 Å². The molecule has 1 aliphatic rings. The van der Waals surface area contributed by atoms with Gasteiger partial charge in [0.1, 0.15) is 13.0 Å². The number of hydrogen-bond donors (Lipinski definition) is 1. The summed E-state index contributed by atoms with van der Waals surface area (Å²) in [6.45, 7) is 20.1. The van der Waals surface area contributed by atoms with Gasteiger partial charge in [0.2, 0.25) is 0 Å². The van der Waals surface area contributed by atoms with E-state index in [0.29, 0.717) is 24.8 Å². The summed E-state index contributed by atoms with van der Waals surface area (Å²) in [5.74, 6) is 0. The van der Waals surface area contributed by atoms with Crippen LogP contribution in [0.3, 0.4) is 0 Å². The minimum atomic E-state index is -1.89. The number of thiophene rings is 1. The first-order valence-corrected chi connectivity index (χ1v) is 22.9. The van der Waals surface area contributed by atoms with Crippen molar-refractivity contribution in [2.75, 3.05) is 11.5 Å². The lowest BCUT2D eigenvalue weighted by atomic mass is 9.93. The molecule has 4 heterocycles. The van der Waals surface area contributed by atoms with Gasteiger partial charge in [-0.1, -0.05) is 52.0 Å². The van der Waals surface area contributed by atoms with E-state index in [0.717, 1.165) is 62.2 Å². The van der Waals surface area contributed by atoms with Crippen LogP contribution in [-0.2, 0) is 28.9 Å². The van der Waals surface area contributed by atoms with Gasteiger partial charge in [-0.05, 0) is 66.8 Å². The average Bonchev–Trinajstić information content (AvgIpc) is 3.55. The minimum Gasteiger partial charge on any atom is -0.412 e. The van der Waals surface area contributed by atoms with Crippen molar-refractivity contribution in [2.45, 2.75) is 97.0 Å². The highest BCUT2D eigenvalue weighted by Crippen LogP contribution is 2.47. The Kier molecular flexibility index (Phi) is 9.31. The molecule has 0 saturated heterocycles. The Hall–Kier alpha value is -2.06. The SMILES string of the molecule is CC(C)(C)[Si](C)(C)OCc1cc2nccc(-c3cc(Cl)cc4c3N(c3cnn(COCC[Si](C)(C)C)c3)C(O)CC4)c2s1. The van der Waals surface area contributed by atoms with E-state index >= 15 is 0 Å². The van der Waals surface area contributed by atoms with Gasteiger partial charge in [0, 0.05) is 41.9 Å². The number of benzene rings is 1. The molecule has 0 saturated carbocycles. The topological polar surface area (TPSA) is 72.6 Å². The predicted molar refractivity (Wildman–Crippen MR) is 185 cm³/mol. The number of anilines is 2. The van der Waals surface area contributed by atoms with E-state index in [1.165, 1.54) is 0 Å². The van der Waals surface area contributed by atoms with Crippen LogP contribution in [0.4, 0.5) is 11.4 Å². The maximum absolute atomic E-state index is 11.4. The summed E-state index contributed by atoms with van der Waals surface area (Å²) in [6.07, 6.45) is 6.27. The number of pyridine rings is 1. The number of aromatic nitrogens is 3. The standard InChI is InChI=1S/C32H45ClN4O3SSi2/c1-32(2,3)43(7,8)40-20-25-17-28-31(41-25)26(11-12-34-28)27-16-23(33)15-22-9-10-29(38)37(30(22)27)24-18-35-36(19-24)21-39-13-14-42(4,5)6/h11-12,15-19,29,38H,9-10,13-14,20-21H2,1-8H3. The van der Waals surface area contributed by atoms with Crippen LogP contribution in [0.2, 0.25) is 48.8 Å². The van der Waals surface area contributed by atoms with E-state index in [2.05, 4.69) is 70.7 Å². The number of aliphatic hydroxyl groups excluding tert-OH is 1. The molecule has 11 heteroatoms. The predicted octanol–water partition coefficient (Wildman–Crippen LogP) is 9.05. The summed E-state index contributed by atoms with van der Waals surface area (Å²) in [5.41, 5.74) is 5.86. The Morgan fingerprint density at radius 3 is 2.60 bits per heavy atom. The summed E-state index contributed by atoms with van der Waals surface area (Å²) in [4.78, 5) is 7.86. The summed E-state index contributed by atoms with van der Waals surface area (Å²) in [5, 5.41) is 16.8. The molecule has 0 bridgehead atoms. The van der Waals surface area contributed by atoms with Gasteiger partial charge in [-0.25, -0.2) is 4.68 Å². The Morgan fingerprint density at radius 2 is 1.88 bits per heavy atom. The lowest BCUT2D eigenvalue weighted by molar-refractivity contribution is 0.0785. The number of halogens is 1. The number of ether oxygens (including phenoxy) is 1. The fourth-order valence-corrected chi connectivity index (χ4v) is 8.13. The lowest BCUT2D eigenvalue weighted by Crippen LogP contribution is -2.40. The molecule has 232 valence electrons. The molecule has 0 amide bonds. The van der Waals surface area contributed by atoms with Crippen LogP contribution in [0, 0.1) is 0 Å². The molecule has 1 aromatic carbocycles. The molecule has 43 heavy (non-hydrogen) atoms. The highest BCUT2D eigenvalue weighted by molar-refractivity contribution is 7.19. The van der Waals surface area contributed by atoms with Crippen molar-refractivity contribution in [1.29, 1.82) is 0 Å². The van der Waals surface area contributed by atoms with Gasteiger partial charge in [-0.3, -0.25) is 4.98 Å². The molecule has 1 unspecified atom stereocenters. The monoisotopic (exact) mass is 656 g/mol. The van der Waals surface area contributed by atoms with E-state index in [-0.39, 0.29) is 5.04 Å². The second-order valence-electron chi connectivity index (χ2n) is 14.3. The first kappa shape index (κ1) is 32.3. The second kappa shape index (κ2) is 12.4. The van der Waals surface area contributed by atoms with Crippen molar-refractivity contribution in [3.63, 3.8) is 0 Å². The van der Waals surface area contributed by atoms with E-state index in [4.69, 9.17) is 25.7 Å². The molecule has 7 nitrogen and oxygen atoms in total. The maximum atomic E-state index is 11.4. The van der Waals surface area contributed by atoms with E-state index < -0.39 is 22.6 Å². The maximum Gasteiger partial charge on any atom is 0.192 e. The largest absolute Gasteiger partial charge is 0.412 e. The molecular weight excluding hydrogens is 612 g/mol. The quantitative estimate of drug-likeness (QED) is 0.136. The number of nitrogens with zero attached hydrogens (tertiary/aromatic N) is 4. The summed E-state index contributed by atoms with van der Waals surface area (Å²) >= 11 is 8.45. The first-order valence-electron chi connectivity index (χ1n) is 15.0. The van der Waals surface area contributed by atoms with Crippen molar-refractivity contribution in [1.82, 2.24) is 14.8 Å². The second-order valence-corrected chi connectivity index (χ2v) is 26.3. The molecule has 5 rings (SSSR count). The van der Waals surface area contributed by atoms with Gasteiger partial charge >= 0.3 is 0 Å². The van der Waals surface area contributed by atoms with E-state index in [1.807, 2.05) is 35.6 Å². The van der Waals surface area contributed by atoms with Crippen LogP contribution in [0.25, 0.3) is 21.3 Å². The number of hydrogen-bond acceptors (Lipinski definition) is 7. The van der Waals surface area contributed by atoms with Crippen LogP contribution in [0.5, 0.6) is 0 Å². The van der Waals surface area contributed by atoms with Crippen LogP contribution in [-0.4, -0.2) is 49.1 Å². The van der Waals surface area contributed by atoms with Gasteiger partial charge in [-0.2, -0.15) is 5.10 Å². The fourth-order valence-electron chi connectivity index (χ4n) is 5.02. The molecule has 3 aromatic heterocycles. The fraction of sp³-hybridized carbons (Fsp3) is 0.500. The third-order valence-corrected chi connectivity index (χ3v) is 16.1. The van der Waals surface area contributed by atoms with Crippen LogP contribution in [0.15, 0.2) is 42.9 Å². The van der Waals surface area contributed by atoms with Crippen LogP contribution in [0.1, 0.15) is 37.6 Å². The number of fused-ring (bicyclic) bond motifs is 2. The third kappa shape index (κ3) is 7.27. The van der Waals surface area contributed by atoms with Crippen molar-refractivity contribution in [2.24, 2.45) is 0 Å².